The molecule has 0 atom stereocenters. The molecular weight excluding hydrogens is 154 g/mol. The Hall–Kier alpha value is -1.32. The van der Waals surface area contributed by atoms with E-state index in [1.165, 1.54) is 10.9 Å². The molecule has 0 spiro atoms. The zero-order valence-corrected chi connectivity index (χ0v) is 7.96. The summed E-state index contributed by atoms with van der Waals surface area (Å²) in [6.45, 7) is 5.83. The van der Waals surface area contributed by atoms with E-state index >= 15 is 0 Å². The van der Waals surface area contributed by atoms with E-state index in [4.69, 9.17) is 0 Å². The van der Waals surface area contributed by atoms with E-state index in [-0.39, 0.29) is 6.03 Å². The van der Waals surface area contributed by atoms with E-state index in [1.807, 2.05) is 20.8 Å². The summed E-state index contributed by atoms with van der Waals surface area (Å²) >= 11 is 0. The van der Waals surface area contributed by atoms with Crippen molar-refractivity contribution in [3.63, 3.8) is 0 Å². The second kappa shape index (κ2) is 5.35. The van der Waals surface area contributed by atoms with Crippen LogP contribution >= 0.6 is 0 Å². The number of aromatic nitrogens is 2. The van der Waals surface area contributed by atoms with Crippen LogP contribution in [-0.2, 0) is 0 Å². The monoisotopic (exact) mass is 169 g/mol. The number of imidazole rings is 1. The standard InChI is InChI=1S/C6H9N3O.C2H6/c1-5-3-9(4-8-5)6(10)7-2;1-2/h3-4H,1-2H3,(H,7,10);1-2H3. The van der Waals surface area contributed by atoms with E-state index in [0.717, 1.165) is 5.69 Å². The Morgan fingerprint density at radius 1 is 1.58 bits per heavy atom. The number of carbonyl (C=O) groups excluding carboxylic acids is 1. The van der Waals surface area contributed by atoms with Gasteiger partial charge >= 0.3 is 6.03 Å². The molecule has 0 bridgehead atoms. The molecule has 0 aliphatic heterocycles. The van der Waals surface area contributed by atoms with E-state index < -0.39 is 0 Å². The lowest BCUT2D eigenvalue weighted by molar-refractivity contribution is 0.244. The Labute approximate surface area is 72.6 Å². The lowest BCUT2D eigenvalue weighted by Crippen LogP contribution is -2.22. The molecule has 1 rings (SSSR count). The number of rotatable bonds is 0. The second-order valence-electron chi connectivity index (χ2n) is 1.98. The van der Waals surface area contributed by atoms with Crippen molar-refractivity contribution in [2.45, 2.75) is 20.8 Å². The zero-order valence-electron chi connectivity index (χ0n) is 7.96. The zero-order chi connectivity index (χ0) is 9.56. The molecule has 0 aliphatic carbocycles. The van der Waals surface area contributed by atoms with Crippen LogP contribution in [0.1, 0.15) is 19.5 Å². The summed E-state index contributed by atoms with van der Waals surface area (Å²) in [4.78, 5) is 14.7. The van der Waals surface area contributed by atoms with Crippen LogP contribution in [0, 0.1) is 6.92 Å². The van der Waals surface area contributed by atoms with Crippen molar-refractivity contribution in [2.75, 3.05) is 7.05 Å². The van der Waals surface area contributed by atoms with Gasteiger partial charge in [0, 0.05) is 13.2 Å². The minimum Gasteiger partial charge on any atom is -0.340 e. The van der Waals surface area contributed by atoms with Crippen LogP contribution in [-0.4, -0.2) is 22.6 Å². The number of amides is 1. The average Bonchev–Trinajstić information content (AvgIpc) is 2.54. The van der Waals surface area contributed by atoms with E-state index in [1.54, 1.807) is 13.2 Å². The maximum atomic E-state index is 10.8. The predicted octanol–water partition coefficient (Wildman–Crippen LogP) is 1.41. The molecule has 0 saturated heterocycles. The van der Waals surface area contributed by atoms with Crippen LogP contribution in [0.25, 0.3) is 0 Å². The topological polar surface area (TPSA) is 46.9 Å². The van der Waals surface area contributed by atoms with Gasteiger partial charge in [0.05, 0.1) is 5.69 Å². The highest BCUT2D eigenvalue weighted by atomic mass is 16.2. The van der Waals surface area contributed by atoms with Gasteiger partial charge in [-0.3, -0.25) is 4.57 Å². The Morgan fingerprint density at radius 2 is 2.17 bits per heavy atom. The summed E-state index contributed by atoms with van der Waals surface area (Å²) in [6.07, 6.45) is 3.15. The van der Waals surface area contributed by atoms with Crippen LogP contribution in [0.4, 0.5) is 4.79 Å². The molecule has 1 N–H and O–H groups in total. The summed E-state index contributed by atoms with van der Waals surface area (Å²) < 4.78 is 1.40. The highest BCUT2D eigenvalue weighted by molar-refractivity contribution is 5.76. The Balaban J connectivity index is 0.000000561. The molecule has 1 aromatic heterocycles. The van der Waals surface area contributed by atoms with Crippen LogP contribution in [0.3, 0.4) is 0 Å². The molecule has 1 aromatic rings. The molecule has 4 nitrogen and oxygen atoms in total. The third-order valence-electron chi connectivity index (χ3n) is 1.16. The summed E-state index contributed by atoms with van der Waals surface area (Å²) in [5.41, 5.74) is 0.837. The first-order valence-corrected chi connectivity index (χ1v) is 3.96. The van der Waals surface area contributed by atoms with Gasteiger partial charge in [0.1, 0.15) is 6.33 Å². The van der Waals surface area contributed by atoms with E-state index in [0.29, 0.717) is 0 Å². The largest absolute Gasteiger partial charge is 0.340 e. The van der Waals surface area contributed by atoms with Gasteiger partial charge in [0.25, 0.3) is 0 Å². The lowest BCUT2D eigenvalue weighted by Gasteiger charge is -1.95. The molecule has 0 aliphatic rings. The Morgan fingerprint density at radius 3 is 2.50 bits per heavy atom. The molecule has 1 heterocycles. The van der Waals surface area contributed by atoms with Crippen molar-refractivity contribution >= 4 is 6.03 Å². The van der Waals surface area contributed by atoms with Gasteiger partial charge in [-0.25, -0.2) is 9.78 Å². The predicted molar refractivity (Wildman–Crippen MR) is 48.2 cm³/mol. The number of carbonyl (C=O) groups is 1. The Kier molecular flexibility index (Phi) is 4.76. The second-order valence-corrected chi connectivity index (χ2v) is 1.98. The van der Waals surface area contributed by atoms with Gasteiger partial charge in [-0.15, -0.1) is 0 Å². The fourth-order valence-corrected chi connectivity index (χ4v) is 0.661. The van der Waals surface area contributed by atoms with Crippen molar-refractivity contribution < 1.29 is 4.79 Å². The fraction of sp³-hybridized carbons (Fsp3) is 0.500. The summed E-state index contributed by atoms with van der Waals surface area (Å²) in [5.74, 6) is 0. The molecule has 0 radical (unpaired) electrons. The average molecular weight is 169 g/mol. The molecular formula is C8H15N3O. The molecule has 0 aromatic carbocycles. The van der Waals surface area contributed by atoms with Crippen LogP contribution in [0.15, 0.2) is 12.5 Å². The molecule has 1 amide bonds. The highest BCUT2D eigenvalue weighted by Gasteiger charge is 1.99. The van der Waals surface area contributed by atoms with Gasteiger partial charge < -0.3 is 5.32 Å². The first kappa shape index (κ1) is 10.7. The van der Waals surface area contributed by atoms with Gasteiger partial charge in [-0.05, 0) is 6.92 Å². The third-order valence-corrected chi connectivity index (χ3v) is 1.16. The van der Waals surface area contributed by atoms with Crippen molar-refractivity contribution in [1.29, 1.82) is 0 Å². The van der Waals surface area contributed by atoms with Gasteiger partial charge in [0.15, 0.2) is 0 Å². The molecule has 0 fully saturated rings. The van der Waals surface area contributed by atoms with E-state index in [2.05, 4.69) is 10.3 Å². The van der Waals surface area contributed by atoms with Crippen LogP contribution in [0.5, 0.6) is 0 Å². The number of nitrogens with one attached hydrogen (secondary N) is 1. The number of nitrogens with zero attached hydrogens (tertiary/aromatic N) is 2. The first-order chi connectivity index (χ1) is 5.74. The minimum absolute atomic E-state index is 0.166. The van der Waals surface area contributed by atoms with Gasteiger partial charge in [0.2, 0.25) is 0 Å². The lowest BCUT2D eigenvalue weighted by atomic mass is 10.6. The minimum atomic E-state index is -0.166. The maximum absolute atomic E-state index is 10.8. The van der Waals surface area contributed by atoms with Gasteiger partial charge in [-0.2, -0.15) is 0 Å². The van der Waals surface area contributed by atoms with Crippen molar-refractivity contribution in [1.82, 2.24) is 14.9 Å². The fourth-order valence-electron chi connectivity index (χ4n) is 0.661. The smallest absolute Gasteiger partial charge is 0.326 e. The van der Waals surface area contributed by atoms with Crippen LogP contribution < -0.4 is 5.32 Å². The summed E-state index contributed by atoms with van der Waals surface area (Å²) in [6, 6.07) is -0.166. The maximum Gasteiger partial charge on any atom is 0.326 e. The molecule has 4 heteroatoms. The van der Waals surface area contributed by atoms with Gasteiger partial charge in [-0.1, -0.05) is 13.8 Å². The summed E-state index contributed by atoms with van der Waals surface area (Å²) in [5, 5.41) is 2.48. The number of hydrogen-bond donors (Lipinski definition) is 1. The van der Waals surface area contributed by atoms with Crippen molar-refractivity contribution in [3.05, 3.63) is 18.2 Å². The van der Waals surface area contributed by atoms with Crippen molar-refractivity contribution in [2.24, 2.45) is 0 Å². The SMILES string of the molecule is CC.CNC(=O)n1cnc(C)c1. The number of aryl methyl sites for hydroxylation is 1. The highest BCUT2D eigenvalue weighted by Crippen LogP contribution is 1.91. The Bertz CT molecular complexity index is 242. The number of hydrogen-bond acceptors (Lipinski definition) is 2. The first-order valence-electron chi connectivity index (χ1n) is 3.96. The quantitative estimate of drug-likeness (QED) is 0.638. The third kappa shape index (κ3) is 2.74. The summed E-state index contributed by atoms with van der Waals surface area (Å²) in [7, 11) is 1.58. The molecule has 12 heavy (non-hydrogen) atoms. The van der Waals surface area contributed by atoms with E-state index in [9.17, 15) is 4.79 Å². The molecule has 0 saturated carbocycles. The molecule has 68 valence electrons. The molecule has 0 unspecified atom stereocenters. The van der Waals surface area contributed by atoms with Crippen molar-refractivity contribution in [3.8, 4) is 0 Å². The van der Waals surface area contributed by atoms with Crippen LogP contribution in [0.2, 0.25) is 0 Å². The normalized spacial score (nSPS) is 8.33.